The van der Waals surface area contributed by atoms with Crippen molar-refractivity contribution in [2.24, 2.45) is 15.9 Å². The Kier molecular flexibility index (Phi) is 5.20. The highest BCUT2D eigenvalue weighted by atomic mass is 35.5. The summed E-state index contributed by atoms with van der Waals surface area (Å²) in [6.07, 6.45) is 3.29. The van der Waals surface area contributed by atoms with E-state index in [2.05, 4.69) is 36.2 Å². The van der Waals surface area contributed by atoms with Gasteiger partial charge in [-0.1, -0.05) is 44.5 Å². The van der Waals surface area contributed by atoms with E-state index in [4.69, 9.17) is 16.3 Å². The lowest BCUT2D eigenvalue weighted by Crippen LogP contribution is -2.42. The van der Waals surface area contributed by atoms with Gasteiger partial charge in [0.05, 0.1) is 17.3 Å². The van der Waals surface area contributed by atoms with Gasteiger partial charge >= 0.3 is 5.97 Å². The number of nitrogens with zero attached hydrogens (tertiary/aromatic N) is 2. The Morgan fingerprint density at radius 3 is 2.77 bits per heavy atom. The van der Waals surface area contributed by atoms with Crippen LogP contribution in [0.1, 0.15) is 47.0 Å². The van der Waals surface area contributed by atoms with Crippen molar-refractivity contribution in [1.29, 1.82) is 0 Å². The van der Waals surface area contributed by atoms with Gasteiger partial charge in [-0.2, -0.15) is 0 Å². The van der Waals surface area contributed by atoms with E-state index in [1.807, 2.05) is 25.1 Å². The number of fused-ring (bicyclic) bond motifs is 2. The fraction of sp³-hybridized carbons (Fsp3) is 0.600. The molecule has 5 nitrogen and oxygen atoms in total. The highest BCUT2D eigenvalue weighted by Gasteiger charge is 2.51. The average molecular weight is 378 g/mol. The van der Waals surface area contributed by atoms with Crippen molar-refractivity contribution in [2.75, 3.05) is 18.6 Å². The van der Waals surface area contributed by atoms with Gasteiger partial charge in [-0.3, -0.25) is 5.43 Å². The predicted octanol–water partition coefficient (Wildman–Crippen LogP) is 4.53. The smallest absolute Gasteiger partial charge is 0.376 e. The first-order chi connectivity index (χ1) is 12.2. The predicted molar refractivity (Wildman–Crippen MR) is 105 cm³/mol. The second kappa shape index (κ2) is 7.10. The van der Waals surface area contributed by atoms with Crippen LogP contribution in [0.5, 0.6) is 0 Å². The van der Waals surface area contributed by atoms with Crippen LogP contribution in [0.15, 0.2) is 29.4 Å². The number of carbonyl (C=O) groups is 1. The van der Waals surface area contributed by atoms with Gasteiger partial charge in [-0.25, -0.2) is 4.79 Å². The summed E-state index contributed by atoms with van der Waals surface area (Å²) < 4.78 is 5.28. The monoisotopic (exact) mass is 377 g/mol. The molecule has 2 unspecified atom stereocenters. The summed E-state index contributed by atoms with van der Waals surface area (Å²) >= 11 is 6.20. The van der Waals surface area contributed by atoms with Crippen LogP contribution >= 0.6 is 11.6 Å². The number of ether oxygens (including phenoxy) is 1. The van der Waals surface area contributed by atoms with Crippen molar-refractivity contribution in [3.63, 3.8) is 0 Å². The third-order valence-electron chi connectivity index (χ3n) is 5.30. The topological polar surface area (TPSA) is 53.9 Å². The quantitative estimate of drug-likeness (QED) is 0.364. The van der Waals surface area contributed by atoms with E-state index in [9.17, 15) is 4.79 Å². The maximum absolute atomic E-state index is 12.6. The molecule has 2 fully saturated rings. The lowest BCUT2D eigenvalue weighted by molar-refractivity contribution is -0.136. The number of anilines is 1. The van der Waals surface area contributed by atoms with Gasteiger partial charge in [0, 0.05) is 12.6 Å². The maximum Gasteiger partial charge on any atom is 0.376 e. The molecule has 1 aliphatic carbocycles. The molecule has 0 amide bonds. The SMILES string of the molecule is CCOC(=O)C(=NNc1ccccc1Cl)N1CC2(C)CC1CC(C)(C)C2. The lowest BCUT2D eigenvalue weighted by atomic mass is 9.65. The molecule has 26 heavy (non-hydrogen) atoms. The molecule has 0 radical (unpaired) electrons. The Bertz CT molecular complexity index is 719. The van der Waals surface area contributed by atoms with Crippen molar-refractivity contribution in [2.45, 2.75) is 53.0 Å². The molecule has 1 saturated heterocycles. The van der Waals surface area contributed by atoms with Crippen LogP contribution in [0.4, 0.5) is 5.69 Å². The molecule has 1 saturated carbocycles. The summed E-state index contributed by atoms with van der Waals surface area (Å²) in [6.45, 7) is 9.89. The number of halogens is 1. The zero-order chi connectivity index (χ0) is 18.9. The van der Waals surface area contributed by atoms with Gasteiger partial charge in [-0.05, 0) is 49.1 Å². The van der Waals surface area contributed by atoms with Crippen LogP contribution in [-0.4, -0.2) is 35.9 Å². The summed E-state index contributed by atoms with van der Waals surface area (Å²) in [5.41, 5.74) is 4.09. The number of esters is 1. The Hall–Kier alpha value is -1.75. The first-order valence-corrected chi connectivity index (χ1v) is 9.63. The van der Waals surface area contributed by atoms with Crippen LogP contribution < -0.4 is 5.43 Å². The summed E-state index contributed by atoms with van der Waals surface area (Å²) in [5, 5.41) is 4.99. The van der Waals surface area contributed by atoms with E-state index >= 15 is 0 Å². The molecule has 1 aliphatic heterocycles. The van der Waals surface area contributed by atoms with E-state index in [0.29, 0.717) is 29.2 Å². The minimum Gasteiger partial charge on any atom is -0.460 e. The molecular weight excluding hydrogens is 350 g/mol. The number of likely N-dealkylation sites (tertiary alicyclic amines) is 1. The molecule has 1 heterocycles. The third kappa shape index (κ3) is 3.98. The van der Waals surface area contributed by atoms with Crippen LogP contribution in [0, 0.1) is 10.8 Å². The Labute approximate surface area is 160 Å². The zero-order valence-electron chi connectivity index (χ0n) is 16.0. The van der Waals surface area contributed by atoms with Crippen molar-refractivity contribution in [1.82, 2.24) is 4.90 Å². The van der Waals surface area contributed by atoms with E-state index < -0.39 is 0 Å². The number of para-hydroxylation sites is 1. The van der Waals surface area contributed by atoms with Crippen molar-refractivity contribution in [3.8, 4) is 0 Å². The molecule has 2 aliphatic rings. The Balaban J connectivity index is 1.89. The largest absolute Gasteiger partial charge is 0.460 e. The van der Waals surface area contributed by atoms with E-state index in [-0.39, 0.29) is 16.8 Å². The van der Waals surface area contributed by atoms with Crippen molar-refractivity contribution >= 4 is 29.1 Å². The number of benzene rings is 1. The van der Waals surface area contributed by atoms with Gasteiger partial charge in [0.1, 0.15) is 0 Å². The average Bonchev–Trinajstić information content (AvgIpc) is 2.78. The minimum absolute atomic E-state index is 0.198. The van der Waals surface area contributed by atoms with Crippen LogP contribution in [0.25, 0.3) is 0 Å². The molecule has 2 bridgehead atoms. The first-order valence-electron chi connectivity index (χ1n) is 9.25. The summed E-state index contributed by atoms with van der Waals surface area (Å²) in [5.74, 6) is -0.0424. The first kappa shape index (κ1) is 19.0. The number of carbonyl (C=O) groups excluding carboxylic acids is 1. The van der Waals surface area contributed by atoms with Crippen LogP contribution in [0.3, 0.4) is 0 Å². The molecule has 1 N–H and O–H groups in total. The minimum atomic E-state index is -0.388. The summed E-state index contributed by atoms with van der Waals surface area (Å²) in [4.78, 5) is 14.8. The van der Waals surface area contributed by atoms with Crippen molar-refractivity contribution < 1.29 is 9.53 Å². The van der Waals surface area contributed by atoms with Crippen LogP contribution in [0.2, 0.25) is 5.02 Å². The second-order valence-electron chi connectivity index (χ2n) is 8.59. The Morgan fingerprint density at radius 2 is 2.08 bits per heavy atom. The van der Waals surface area contributed by atoms with Gasteiger partial charge < -0.3 is 9.64 Å². The number of amidine groups is 1. The number of rotatable bonds is 3. The summed E-state index contributed by atoms with van der Waals surface area (Å²) in [7, 11) is 0. The van der Waals surface area contributed by atoms with Gasteiger partial charge in [0.2, 0.25) is 5.84 Å². The highest BCUT2D eigenvalue weighted by molar-refractivity contribution is 6.36. The molecule has 6 heteroatoms. The highest BCUT2D eigenvalue weighted by Crippen LogP contribution is 2.52. The molecular formula is C20H28ClN3O2. The molecule has 1 aromatic carbocycles. The van der Waals surface area contributed by atoms with Crippen LogP contribution in [-0.2, 0) is 9.53 Å². The zero-order valence-corrected chi connectivity index (χ0v) is 16.8. The second-order valence-corrected chi connectivity index (χ2v) is 9.00. The van der Waals surface area contributed by atoms with Gasteiger partial charge in [-0.15, -0.1) is 5.10 Å². The Morgan fingerprint density at radius 1 is 1.35 bits per heavy atom. The van der Waals surface area contributed by atoms with Gasteiger partial charge in [0.25, 0.3) is 0 Å². The molecule has 3 rings (SSSR count). The standard InChI is InChI=1S/C20H28ClN3O2/c1-5-26-18(25)17(23-22-16-9-7-6-8-15(16)21)24-13-20(4)11-14(24)10-19(2,3)12-20/h6-9,14,22H,5,10-13H2,1-4H3. The van der Waals surface area contributed by atoms with Gasteiger partial charge in [0.15, 0.2) is 0 Å². The third-order valence-corrected chi connectivity index (χ3v) is 5.63. The fourth-order valence-corrected chi connectivity index (χ4v) is 4.97. The molecule has 142 valence electrons. The van der Waals surface area contributed by atoms with E-state index in [1.54, 1.807) is 6.07 Å². The molecule has 0 spiro atoms. The van der Waals surface area contributed by atoms with E-state index in [0.717, 1.165) is 25.8 Å². The lowest BCUT2D eigenvalue weighted by Gasteiger charge is -2.39. The number of nitrogens with one attached hydrogen (secondary N) is 1. The summed E-state index contributed by atoms with van der Waals surface area (Å²) in [6, 6.07) is 7.66. The number of hydrogen-bond donors (Lipinski definition) is 1. The van der Waals surface area contributed by atoms with Crippen molar-refractivity contribution in [3.05, 3.63) is 29.3 Å². The molecule has 1 aromatic rings. The number of hydrogen-bond acceptors (Lipinski definition) is 4. The molecule has 0 aromatic heterocycles. The molecule has 2 atom stereocenters. The van der Waals surface area contributed by atoms with E-state index in [1.165, 1.54) is 0 Å². The fourth-order valence-electron chi connectivity index (χ4n) is 4.80. The number of hydrazone groups is 1. The normalized spacial score (nSPS) is 27.3. The maximum atomic E-state index is 12.6.